The second kappa shape index (κ2) is 3.09. The zero-order chi connectivity index (χ0) is 8.39. The highest BCUT2D eigenvalue weighted by molar-refractivity contribution is 5.35. The summed E-state index contributed by atoms with van der Waals surface area (Å²) < 4.78 is 0. The normalized spacial score (nSPS) is 26.8. The van der Waals surface area contributed by atoms with E-state index < -0.39 is 0 Å². The van der Waals surface area contributed by atoms with E-state index in [4.69, 9.17) is 0 Å². The lowest BCUT2D eigenvalue weighted by molar-refractivity contribution is 0.772. The minimum Gasteiger partial charge on any atom is -0.366 e. The molecule has 2 unspecified atom stereocenters. The molecular weight excluding hydrogens is 150 g/mol. The van der Waals surface area contributed by atoms with Gasteiger partial charge in [-0.25, -0.2) is 0 Å². The maximum absolute atomic E-state index is 3.97. The Morgan fingerprint density at radius 2 is 2.58 bits per heavy atom. The molecule has 1 aliphatic rings. The molecule has 0 amide bonds. The maximum Gasteiger partial charge on any atom is 0.148 e. The number of rotatable bonds is 3. The molecule has 1 aliphatic carbocycles. The van der Waals surface area contributed by atoms with Crippen LogP contribution in [0.2, 0.25) is 0 Å². The number of hydrogen-bond acceptors (Lipinski definition) is 3. The standard InChI is InChI=1S/C9H13N3/c1-2-7-6-8(7)11-9-4-3-5-10-12-9/h3-5,7-8H,2,6H2,1H3,(H,11,12). The first-order valence-electron chi connectivity index (χ1n) is 4.44. The van der Waals surface area contributed by atoms with Crippen molar-refractivity contribution in [2.45, 2.75) is 25.8 Å². The third-order valence-electron chi connectivity index (χ3n) is 2.35. The van der Waals surface area contributed by atoms with Crippen LogP contribution in [-0.4, -0.2) is 16.2 Å². The second-order valence-corrected chi connectivity index (χ2v) is 3.26. The van der Waals surface area contributed by atoms with Gasteiger partial charge in [0.2, 0.25) is 0 Å². The van der Waals surface area contributed by atoms with Gasteiger partial charge in [-0.2, -0.15) is 5.10 Å². The van der Waals surface area contributed by atoms with Crippen molar-refractivity contribution in [1.82, 2.24) is 10.2 Å². The highest BCUT2D eigenvalue weighted by Crippen LogP contribution is 2.35. The van der Waals surface area contributed by atoms with Crippen molar-refractivity contribution in [2.75, 3.05) is 5.32 Å². The molecule has 12 heavy (non-hydrogen) atoms. The average Bonchev–Trinajstić information content (AvgIpc) is 2.85. The molecule has 3 heteroatoms. The van der Waals surface area contributed by atoms with Crippen LogP contribution in [-0.2, 0) is 0 Å². The van der Waals surface area contributed by atoms with Crippen molar-refractivity contribution in [3.63, 3.8) is 0 Å². The van der Waals surface area contributed by atoms with Crippen LogP contribution in [0, 0.1) is 5.92 Å². The first kappa shape index (κ1) is 7.53. The topological polar surface area (TPSA) is 37.8 Å². The van der Waals surface area contributed by atoms with E-state index in [0.29, 0.717) is 6.04 Å². The summed E-state index contributed by atoms with van der Waals surface area (Å²) in [6.07, 6.45) is 4.24. The number of nitrogens with one attached hydrogen (secondary N) is 1. The van der Waals surface area contributed by atoms with E-state index in [9.17, 15) is 0 Å². The second-order valence-electron chi connectivity index (χ2n) is 3.26. The highest BCUT2D eigenvalue weighted by Gasteiger charge is 2.35. The molecule has 2 atom stereocenters. The van der Waals surface area contributed by atoms with Gasteiger partial charge in [0.1, 0.15) is 5.82 Å². The van der Waals surface area contributed by atoms with Gasteiger partial charge in [0.05, 0.1) is 0 Å². The molecule has 0 aliphatic heterocycles. The molecule has 1 saturated carbocycles. The van der Waals surface area contributed by atoms with Gasteiger partial charge in [0, 0.05) is 12.2 Å². The first-order chi connectivity index (χ1) is 5.90. The molecule has 1 fully saturated rings. The molecule has 0 radical (unpaired) electrons. The zero-order valence-corrected chi connectivity index (χ0v) is 7.20. The summed E-state index contributed by atoms with van der Waals surface area (Å²) in [4.78, 5) is 0. The average molecular weight is 163 g/mol. The number of hydrogen-bond donors (Lipinski definition) is 1. The lowest BCUT2D eigenvalue weighted by atomic mass is 10.3. The van der Waals surface area contributed by atoms with Gasteiger partial charge in [0.25, 0.3) is 0 Å². The fraction of sp³-hybridized carbons (Fsp3) is 0.556. The molecule has 3 nitrogen and oxygen atoms in total. The summed E-state index contributed by atoms with van der Waals surface area (Å²) in [5, 5.41) is 11.1. The van der Waals surface area contributed by atoms with E-state index in [-0.39, 0.29) is 0 Å². The van der Waals surface area contributed by atoms with E-state index in [0.717, 1.165) is 11.7 Å². The Hall–Kier alpha value is -1.12. The predicted octanol–water partition coefficient (Wildman–Crippen LogP) is 1.69. The van der Waals surface area contributed by atoms with Gasteiger partial charge in [-0.1, -0.05) is 13.3 Å². The molecule has 1 N–H and O–H groups in total. The zero-order valence-electron chi connectivity index (χ0n) is 7.20. The lowest BCUT2D eigenvalue weighted by Gasteiger charge is -2.01. The molecule has 1 aromatic rings. The Labute approximate surface area is 72.2 Å². The largest absolute Gasteiger partial charge is 0.366 e. The van der Waals surface area contributed by atoms with E-state index in [1.54, 1.807) is 6.20 Å². The third kappa shape index (κ3) is 1.55. The van der Waals surface area contributed by atoms with Crippen LogP contribution in [0.3, 0.4) is 0 Å². The van der Waals surface area contributed by atoms with Crippen LogP contribution in [0.15, 0.2) is 18.3 Å². The van der Waals surface area contributed by atoms with Crippen LogP contribution in [0.4, 0.5) is 5.82 Å². The van der Waals surface area contributed by atoms with Crippen LogP contribution < -0.4 is 5.32 Å². The smallest absolute Gasteiger partial charge is 0.148 e. The third-order valence-corrected chi connectivity index (χ3v) is 2.35. The predicted molar refractivity (Wildman–Crippen MR) is 47.8 cm³/mol. The van der Waals surface area contributed by atoms with Crippen molar-refractivity contribution in [2.24, 2.45) is 5.92 Å². The summed E-state index contributed by atoms with van der Waals surface area (Å²) in [7, 11) is 0. The van der Waals surface area contributed by atoms with Crippen molar-refractivity contribution >= 4 is 5.82 Å². The van der Waals surface area contributed by atoms with Crippen LogP contribution in [0.25, 0.3) is 0 Å². The summed E-state index contributed by atoms with van der Waals surface area (Å²) >= 11 is 0. The molecule has 0 spiro atoms. The molecular formula is C9H13N3. The van der Waals surface area contributed by atoms with Gasteiger partial charge in [-0.05, 0) is 24.5 Å². The molecule has 2 rings (SSSR count). The minimum atomic E-state index is 0.645. The Morgan fingerprint density at radius 1 is 1.67 bits per heavy atom. The van der Waals surface area contributed by atoms with Gasteiger partial charge in [0.15, 0.2) is 0 Å². The lowest BCUT2D eigenvalue weighted by Crippen LogP contribution is -2.05. The van der Waals surface area contributed by atoms with Crippen molar-refractivity contribution in [3.05, 3.63) is 18.3 Å². The van der Waals surface area contributed by atoms with E-state index in [2.05, 4.69) is 22.4 Å². The van der Waals surface area contributed by atoms with Gasteiger partial charge in [-0.15, -0.1) is 5.10 Å². The van der Waals surface area contributed by atoms with E-state index in [1.807, 2.05) is 12.1 Å². The Kier molecular flexibility index (Phi) is 1.94. The first-order valence-corrected chi connectivity index (χ1v) is 4.44. The van der Waals surface area contributed by atoms with Crippen molar-refractivity contribution in [1.29, 1.82) is 0 Å². The van der Waals surface area contributed by atoms with Gasteiger partial charge in [-0.3, -0.25) is 0 Å². The molecule has 1 aromatic heterocycles. The number of anilines is 1. The molecule has 0 bridgehead atoms. The monoisotopic (exact) mass is 163 g/mol. The fourth-order valence-corrected chi connectivity index (χ4v) is 1.44. The molecule has 64 valence electrons. The van der Waals surface area contributed by atoms with Crippen molar-refractivity contribution < 1.29 is 0 Å². The summed E-state index contributed by atoms with van der Waals surface area (Å²) in [6.45, 7) is 2.23. The molecule has 0 saturated heterocycles. The van der Waals surface area contributed by atoms with Crippen LogP contribution in [0.1, 0.15) is 19.8 Å². The maximum atomic E-state index is 3.97. The van der Waals surface area contributed by atoms with Crippen molar-refractivity contribution in [3.8, 4) is 0 Å². The highest BCUT2D eigenvalue weighted by atomic mass is 15.2. The molecule has 0 aromatic carbocycles. The minimum absolute atomic E-state index is 0.645. The van der Waals surface area contributed by atoms with Gasteiger partial charge < -0.3 is 5.32 Å². The molecule has 1 heterocycles. The Bertz CT molecular complexity index is 247. The fourth-order valence-electron chi connectivity index (χ4n) is 1.44. The SMILES string of the molecule is CCC1CC1Nc1cccnn1. The Balaban J connectivity index is 1.89. The van der Waals surface area contributed by atoms with E-state index in [1.165, 1.54) is 12.8 Å². The summed E-state index contributed by atoms with van der Waals surface area (Å²) in [5.41, 5.74) is 0. The quantitative estimate of drug-likeness (QED) is 0.736. The summed E-state index contributed by atoms with van der Waals surface area (Å²) in [6, 6.07) is 4.50. The number of aromatic nitrogens is 2. The van der Waals surface area contributed by atoms with Crippen LogP contribution >= 0.6 is 0 Å². The van der Waals surface area contributed by atoms with E-state index >= 15 is 0 Å². The Morgan fingerprint density at radius 3 is 3.17 bits per heavy atom. The number of nitrogens with zero attached hydrogens (tertiary/aromatic N) is 2. The van der Waals surface area contributed by atoms with Gasteiger partial charge >= 0.3 is 0 Å². The van der Waals surface area contributed by atoms with Crippen LogP contribution in [0.5, 0.6) is 0 Å². The summed E-state index contributed by atoms with van der Waals surface area (Å²) in [5.74, 6) is 1.76.